The summed E-state index contributed by atoms with van der Waals surface area (Å²) in [7, 11) is -3.28. The molecule has 1 N–H and O–H groups in total. The predicted octanol–water partition coefficient (Wildman–Crippen LogP) is 2.51. The van der Waals surface area contributed by atoms with Crippen LogP contribution >= 0.6 is 11.8 Å². The molecule has 1 aliphatic heterocycles. The average Bonchev–Trinajstić information content (AvgIpc) is 2.62. The normalized spacial score (nSPS) is 15.7. The van der Waals surface area contributed by atoms with Crippen molar-refractivity contribution < 1.29 is 8.42 Å². The second-order valence-electron chi connectivity index (χ2n) is 6.39. The van der Waals surface area contributed by atoms with Gasteiger partial charge in [-0.05, 0) is 25.5 Å². The second kappa shape index (κ2) is 7.82. The first kappa shape index (κ1) is 19.0. The van der Waals surface area contributed by atoms with Crippen LogP contribution in [0.5, 0.6) is 0 Å². The van der Waals surface area contributed by atoms with Gasteiger partial charge in [0.15, 0.2) is 0 Å². The lowest BCUT2D eigenvalue weighted by atomic mass is 10.0. The van der Waals surface area contributed by atoms with E-state index in [0.717, 1.165) is 33.5 Å². The van der Waals surface area contributed by atoms with Crippen molar-refractivity contribution in [3.8, 4) is 6.07 Å². The topological polar surface area (TPSA) is 86.1 Å². The molecule has 2 aromatic rings. The fraction of sp³-hybridized carbons (Fsp3) is 0.444. The number of benzene rings is 1. The van der Waals surface area contributed by atoms with Crippen LogP contribution in [0, 0.1) is 25.2 Å². The van der Waals surface area contributed by atoms with Gasteiger partial charge in [0.1, 0.15) is 6.07 Å². The largest absolute Gasteiger partial charge is 0.382 e. The van der Waals surface area contributed by atoms with Crippen molar-refractivity contribution in [2.75, 3.05) is 42.2 Å². The van der Waals surface area contributed by atoms with Gasteiger partial charge in [-0.3, -0.25) is 4.98 Å². The van der Waals surface area contributed by atoms with Gasteiger partial charge in [-0.15, -0.1) is 0 Å². The Labute approximate surface area is 158 Å². The van der Waals surface area contributed by atoms with E-state index in [9.17, 15) is 13.7 Å². The molecule has 3 rings (SSSR count). The summed E-state index contributed by atoms with van der Waals surface area (Å²) in [5.41, 5.74) is 4.02. The molecule has 1 aromatic carbocycles. The first-order valence-corrected chi connectivity index (χ1v) is 11.3. The van der Waals surface area contributed by atoms with E-state index in [0.29, 0.717) is 24.3 Å². The number of pyridine rings is 1. The van der Waals surface area contributed by atoms with Crippen LogP contribution in [0.1, 0.15) is 16.7 Å². The Morgan fingerprint density at radius 3 is 2.73 bits per heavy atom. The van der Waals surface area contributed by atoms with Gasteiger partial charge in [0.05, 0.1) is 22.5 Å². The van der Waals surface area contributed by atoms with Gasteiger partial charge < -0.3 is 5.32 Å². The minimum atomic E-state index is -3.28. The van der Waals surface area contributed by atoms with E-state index in [1.807, 2.05) is 26.0 Å². The number of hydrogen-bond acceptors (Lipinski definition) is 6. The molecule has 1 fully saturated rings. The highest BCUT2D eigenvalue weighted by atomic mass is 32.2. The van der Waals surface area contributed by atoms with Crippen molar-refractivity contribution in [1.29, 1.82) is 5.26 Å². The van der Waals surface area contributed by atoms with Gasteiger partial charge in [-0.1, -0.05) is 11.6 Å². The van der Waals surface area contributed by atoms with Crippen LogP contribution in [-0.2, 0) is 10.0 Å². The van der Waals surface area contributed by atoms with Gasteiger partial charge >= 0.3 is 0 Å². The highest BCUT2D eigenvalue weighted by Crippen LogP contribution is 2.28. The zero-order valence-electron chi connectivity index (χ0n) is 14.9. The molecule has 0 unspecified atom stereocenters. The van der Waals surface area contributed by atoms with Crippen molar-refractivity contribution in [2.24, 2.45) is 0 Å². The Hall–Kier alpha value is -1.82. The lowest BCUT2D eigenvalue weighted by Crippen LogP contribution is -2.40. The molecule has 8 heteroatoms. The third-order valence-corrected chi connectivity index (χ3v) is 7.27. The van der Waals surface area contributed by atoms with Gasteiger partial charge in [0.2, 0.25) is 10.0 Å². The zero-order chi connectivity index (χ0) is 18.7. The standard InChI is InChI=1S/C18H22N4O2S2/c1-13-9-14(2)17-16(10-13)18(15(11-19)12-21-17)20-3-8-26(23,24)22-4-6-25-7-5-22/h9-10,12H,3-8H2,1-2H3,(H,20,21). The highest BCUT2D eigenvalue weighted by molar-refractivity contribution is 7.99. The molecule has 1 aliphatic rings. The fourth-order valence-corrected chi connectivity index (χ4v) is 5.69. The van der Waals surface area contributed by atoms with E-state index in [1.54, 1.807) is 22.3 Å². The van der Waals surface area contributed by atoms with Crippen molar-refractivity contribution in [3.05, 3.63) is 35.0 Å². The van der Waals surface area contributed by atoms with Crippen molar-refractivity contribution in [3.63, 3.8) is 0 Å². The van der Waals surface area contributed by atoms with Crippen LogP contribution in [0.15, 0.2) is 18.3 Å². The Morgan fingerprint density at radius 1 is 1.31 bits per heavy atom. The number of sulfonamides is 1. The van der Waals surface area contributed by atoms with Crippen molar-refractivity contribution >= 4 is 38.4 Å². The minimum absolute atomic E-state index is 0.0111. The molecule has 0 radical (unpaired) electrons. The summed E-state index contributed by atoms with van der Waals surface area (Å²) in [6, 6.07) is 6.18. The summed E-state index contributed by atoms with van der Waals surface area (Å²) in [4.78, 5) is 4.39. The number of nitrogens with zero attached hydrogens (tertiary/aromatic N) is 3. The number of rotatable bonds is 5. The first-order valence-electron chi connectivity index (χ1n) is 8.52. The van der Waals surface area contributed by atoms with Gasteiger partial charge in [-0.25, -0.2) is 12.7 Å². The summed E-state index contributed by atoms with van der Waals surface area (Å²) in [5, 5.41) is 13.5. The number of nitrogens with one attached hydrogen (secondary N) is 1. The van der Waals surface area contributed by atoms with E-state index < -0.39 is 10.0 Å². The minimum Gasteiger partial charge on any atom is -0.382 e. The first-order chi connectivity index (χ1) is 12.4. The molecular formula is C18H22N4O2S2. The smallest absolute Gasteiger partial charge is 0.215 e. The van der Waals surface area contributed by atoms with E-state index in [1.165, 1.54) is 0 Å². The maximum Gasteiger partial charge on any atom is 0.215 e. The summed E-state index contributed by atoms with van der Waals surface area (Å²) in [6.07, 6.45) is 1.54. The molecule has 0 saturated carbocycles. The van der Waals surface area contributed by atoms with Crippen LogP contribution in [0.4, 0.5) is 5.69 Å². The van der Waals surface area contributed by atoms with E-state index in [-0.39, 0.29) is 12.3 Å². The van der Waals surface area contributed by atoms with Crippen molar-refractivity contribution in [2.45, 2.75) is 13.8 Å². The van der Waals surface area contributed by atoms with Crippen LogP contribution in [0.2, 0.25) is 0 Å². The Balaban J connectivity index is 1.83. The Bertz CT molecular complexity index is 961. The van der Waals surface area contributed by atoms with E-state index >= 15 is 0 Å². The molecule has 0 aliphatic carbocycles. The third-order valence-electron chi connectivity index (χ3n) is 4.45. The number of hydrogen-bond donors (Lipinski definition) is 1. The molecule has 138 valence electrons. The lowest BCUT2D eigenvalue weighted by Gasteiger charge is -2.25. The van der Waals surface area contributed by atoms with Crippen LogP contribution in [-0.4, -0.2) is 54.6 Å². The van der Waals surface area contributed by atoms with Gasteiger partial charge in [0.25, 0.3) is 0 Å². The maximum atomic E-state index is 12.5. The number of anilines is 1. The van der Waals surface area contributed by atoms with Gasteiger partial charge in [0, 0.05) is 42.7 Å². The number of nitriles is 1. The molecule has 2 heterocycles. The SMILES string of the molecule is Cc1cc(C)c2ncc(C#N)c(NCCS(=O)(=O)N3CCSCC3)c2c1. The fourth-order valence-electron chi connectivity index (χ4n) is 3.19. The average molecular weight is 391 g/mol. The number of thioether (sulfide) groups is 1. The summed E-state index contributed by atoms with van der Waals surface area (Å²) >= 11 is 1.78. The molecule has 0 bridgehead atoms. The monoisotopic (exact) mass is 390 g/mol. The molecular weight excluding hydrogens is 368 g/mol. The number of aryl methyl sites for hydroxylation is 2. The summed E-state index contributed by atoms with van der Waals surface area (Å²) in [5.74, 6) is 1.70. The molecule has 26 heavy (non-hydrogen) atoms. The van der Waals surface area contributed by atoms with Crippen molar-refractivity contribution in [1.82, 2.24) is 9.29 Å². The summed E-state index contributed by atoms with van der Waals surface area (Å²) < 4.78 is 26.6. The zero-order valence-corrected chi connectivity index (χ0v) is 16.6. The summed E-state index contributed by atoms with van der Waals surface area (Å²) in [6.45, 7) is 5.39. The molecule has 0 spiro atoms. The van der Waals surface area contributed by atoms with Gasteiger partial charge in [-0.2, -0.15) is 17.0 Å². The molecule has 1 aromatic heterocycles. The number of aromatic nitrogens is 1. The lowest BCUT2D eigenvalue weighted by molar-refractivity contribution is 0.444. The van der Waals surface area contributed by atoms with E-state index in [4.69, 9.17) is 0 Å². The van der Waals surface area contributed by atoms with Crippen LogP contribution < -0.4 is 5.32 Å². The highest BCUT2D eigenvalue weighted by Gasteiger charge is 2.23. The Kier molecular flexibility index (Phi) is 5.70. The second-order valence-corrected chi connectivity index (χ2v) is 9.70. The Morgan fingerprint density at radius 2 is 2.04 bits per heavy atom. The predicted molar refractivity (Wildman–Crippen MR) is 107 cm³/mol. The molecule has 1 saturated heterocycles. The molecule has 0 amide bonds. The molecule has 6 nitrogen and oxygen atoms in total. The van der Waals surface area contributed by atoms with Crippen LogP contribution in [0.3, 0.4) is 0 Å². The van der Waals surface area contributed by atoms with E-state index in [2.05, 4.69) is 16.4 Å². The quantitative estimate of drug-likeness (QED) is 0.844. The third kappa shape index (κ3) is 3.95. The van der Waals surface area contributed by atoms with Crippen LogP contribution in [0.25, 0.3) is 10.9 Å². The number of fused-ring (bicyclic) bond motifs is 1. The molecule has 0 atom stereocenters. The maximum absolute atomic E-state index is 12.5.